The Balaban J connectivity index is 1.62. The highest BCUT2D eigenvalue weighted by Gasteiger charge is 2.30. The van der Waals surface area contributed by atoms with Gasteiger partial charge in [0.05, 0.1) is 6.10 Å². The molecule has 2 fully saturated rings. The fourth-order valence-electron chi connectivity index (χ4n) is 2.14. The van der Waals surface area contributed by atoms with Crippen LogP contribution in [0.4, 0.5) is 0 Å². The Kier molecular flexibility index (Phi) is 3.19. The zero-order valence-electron chi connectivity index (χ0n) is 8.46. The van der Waals surface area contributed by atoms with E-state index in [1.807, 2.05) is 7.11 Å². The summed E-state index contributed by atoms with van der Waals surface area (Å²) < 4.78 is 5.25. The van der Waals surface area contributed by atoms with Crippen molar-refractivity contribution < 1.29 is 4.74 Å². The Bertz CT molecular complexity index is 151. The molecule has 2 rings (SSSR count). The number of methoxy groups -OCH3 is 1. The van der Waals surface area contributed by atoms with E-state index in [1.165, 1.54) is 45.2 Å². The van der Waals surface area contributed by atoms with Gasteiger partial charge in [0.15, 0.2) is 0 Å². The van der Waals surface area contributed by atoms with Crippen molar-refractivity contribution >= 4 is 0 Å². The number of piperidine rings is 1. The SMILES string of the molecule is COC1CC(NN2CCCCC2)C1. The summed E-state index contributed by atoms with van der Waals surface area (Å²) in [5.41, 5.74) is 3.57. The highest BCUT2D eigenvalue weighted by Crippen LogP contribution is 2.23. The zero-order chi connectivity index (χ0) is 9.10. The maximum Gasteiger partial charge on any atom is 0.0602 e. The van der Waals surface area contributed by atoms with Crippen molar-refractivity contribution in [2.75, 3.05) is 20.2 Å². The van der Waals surface area contributed by atoms with E-state index in [9.17, 15) is 0 Å². The predicted molar refractivity (Wildman–Crippen MR) is 52.4 cm³/mol. The predicted octanol–water partition coefficient (Wildman–Crippen LogP) is 1.15. The van der Waals surface area contributed by atoms with Gasteiger partial charge in [-0.25, -0.2) is 5.01 Å². The van der Waals surface area contributed by atoms with Crippen LogP contribution < -0.4 is 5.43 Å². The number of hydrazine groups is 1. The van der Waals surface area contributed by atoms with Gasteiger partial charge in [-0.3, -0.25) is 5.43 Å². The Morgan fingerprint density at radius 2 is 1.85 bits per heavy atom. The summed E-state index contributed by atoms with van der Waals surface area (Å²) in [5.74, 6) is 0. The van der Waals surface area contributed by atoms with Crippen molar-refractivity contribution in [3.05, 3.63) is 0 Å². The van der Waals surface area contributed by atoms with Crippen molar-refractivity contribution in [1.82, 2.24) is 10.4 Å². The number of ether oxygens (including phenoxy) is 1. The fourth-order valence-corrected chi connectivity index (χ4v) is 2.14. The fraction of sp³-hybridized carbons (Fsp3) is 1.00. The van der Waals surface area contributed by atoms with Gasteiger partial charge in [0.1, 0.15) is 0 Å². The number of rotatable bonds is 3. The molecule has 1 heterocycles. The van der Waals surface area contributed by atoms with Gasteiger partial charge >= 0.3 is 0 Å². The first-order chi connectivity index (χ1) is 6.38. The number of hydrogen-bond donors (Lipinski definition) is 1. The highest BCUT2D eigenvalue weighted by molar-refractivity contribution is 4.85. The van der Waals surface area contributed by atoms with Gasteiger partial charge in [0.25, 0.3) is 0 Å². The lowest BCUT2D eigenvalue weighted by atomic mass is 9.90. The van der Waals surface area contributed by atoms with E-state index in [1.54, 1.807) is 0 Å². The summed E-state index contributed by atoms with van der Waals surface area (Å²) in [6.45, 7) is 2.46. The number of nitrogens with one attached hydrogen (secondary N) is 1. The molecular weight excluding hydrogens is 164 g/mol. The Morgan fingerprint density at radius 3 is 2.46 bits per heavy atom. The average Bonchev–Trinajstić information content (AvgIpc) is 2.12. The third-order valence-electron chi connectivity index (χ3n) is 3.15. The van der Waals surface area contributed by atoms with Crippen molar-refractivity contribution in [1.29, 1.82) is 0 Å². The lowest BCUT2D eigenvalue weighted by molar-refractivity contribution is -0.0131. The molecule has 76 valence electrons. The van der Waals surface area contributed by atoms with Crippen LogP contribution in [0.3, 0.4) is 0 Å². The molecule has 0 bridgehead atoms. The van der Waals surface area contributed by atoms with Crippen molar-refractivity contribution in [2.24, 2.45) is 0 Å². The highest BCUT2D eigenvalue weighted by atomic mass is 16.5. The van der Waals surface area contributed by atoms with Gasteiger partial charge in [-0.2, -0.15) is 0 Å². The van der Waals surface area contributed by atoms with Gasteiger partial charge < -0.3 is 4.74 Å². The lowest BCUT2D eigenvalue weighted by Gasteiger charge is -2.39. The van der Waals surface area contributed by atoms with Crippen LogP contribution >= 0.6 is 0 Å². The number of hydrogen-bond acceptors (Lipinski definition) is 3. The minimum atomic E-state index is 0.516. The quantitative estimate of drug-likeness (QED) is 0.712. The van der Waals surface area contributed by atoms with E-state index >= 15 is 0 Å². The lowest BCUT2D eigenvalue weighted by Crippen LogP contribution is -2.53. The molecule has 1 N–H and O–H groups in total. The largest absolute Gasteiger partial charge is 0.381 e. The minimum Gasteiger partial charge on any atom is -0.381 e. The van der Waals surface area contributed by atoms with E-state index in [-0.39, 0.29) is 0 Å². The maximum absolute atomic E-state index is 5.25. The van der Waals surface area contributed by atoms with Gasteiger partial charge in [0.2, 0.25) is 0 Å². The van der Waals surface area contributed by atoms with Gasteiger partial charge in [-0.15, -0.1) is 0 Å². The molecule has 0 atom stereocenters. The van der Waals surface area contributed by atoms with Crippen molar-refractivity contribution in [3.63, 3.8) is 0 Å². The summed E-state index contributed by atoms with van der Waals surface area (Å²) in [6, 6.07) is 0.683. The molecule has 0 unspecified atom stereocenters. The van der Waals surface area contributed by atoms with E-state index < -0.39 is 0 Å². The molecule has 3 heteroatoms. The molecule has 0 aromatic carbocycles. The molecular formula is C10H20N2O. The molecule has 0 aromatic heterocycles. The minimum absolute atomic E-state index is 0.516. The second kappa shape index (κ2) is 4.40. The molecule has 0 radical (unpaired) electrons. The monoisotopic (exact) mass is 184 g/mol. The summed E-state index contributed by atoms with van der Waals surface area (Å²) >= 11 is 0. The Morgan fingerprint density at radius 1 is 1.15 bits per heavy atom. The first-order valence-electron chi connectivity index (χ1n) is 5.42. The average molecular weight is 184 g/mol. The van der Waals surface area contributed by atoms with Gasteiger partial charge in [0, 0.05) is 26.2 Å². The van der Waals surface area contributed by atoms with Crippen molar-refractivity contribution in [2.45, 2.75) is 44.2 Å². The van der Waals surface area contributed by atoms with E-state index in [2.05, 4.69) is 10.4 Å². The first kappa shape index (κ1) is 9.44. The van der Waals surface area contributed by atoms with E-state index in [0.29, 0.717) is 12.1 Å². The van der Waals surface area contributed by atoms with Gasteiger partial charge in [-0.05, 0) is 25.7 Å². The van der Waals surface area contributed by atoms with Gasteiger partial charge in [-0.1, -0.05) is 6.42 Å². The molecule has 2 aliphatic rings. The second-order valence-electron chi connectivity index (χ2n) is 4.20. The van der Waals surface area contributed by atoms with Crippen LogP contribution in [0.15, 0.2) is 0 Å². The van der Waals surface area contributed by atoms with Crippen LogP contribution in [-0.2, 0) is 4.74 Å². The molecule has 0 aromatic rings. The van der Waals surface area contributed by atoms with Crippen LogP contribution in [0, 0.1) is 0 Å². The summed E-state index contributed by atoms with van der Waals surface area (Å²) in [5, 5.41) is 2.39. The third kappa shape index (κ3) is 2.42. The molecule has 1 aliphatic carbocycles. The van der Waals surface area contributed by atoms with E-state index in [0.717, 1.165) is 0 Å². The smallest absolute Gasteiger partial charge is 0.0602 e. The second-order valence-corrected chi connectivity index (χ2v) is 4.20. The normalized spacial score (nSPS) is 35.8. The molecule has 0 spiro atoms. The molecule has 0 amide bonds. The molecule has 3 nitrogen and oxygen atoms in total. The van der Waals surface area contributed by atoms with E-state index in [4.69, 9.17) is 4.74 Å². The molecule has 1 saturated heterocycles. The first-order valence-corrected chi connectivity index (χ1v) is 5.42. The van der Waals surface area contributed by atoms with Crippen LogP contribution in [0.1, 0.15) is 32.1 Å². The standard InChI is InChI=1S/C10H20N2O/c1-13-10-7-9(8-10)11-12-5-3-2-4-6-12/h9-11H,2-8H2,1H3. The summed E-state index contributed by atoms with van der Waals surface area (Å²) in [7, 11) is 1.81. The summed E-state index contributed by atoms with van der Waals surface area (Å²) in [4.78, 5) is 0. The van der Waals surface area contributed by atoms with Crippen LogP contribution in [0.2, 0.25) is 0 Å². The molecule has 13 heavy (non-hydrogen) atoms. The Labute approximate surface area is 80.4 Å². The zero-order valence-corrected chi connectivity index (χ0v) is 8.46. The van der Waals surface area contributed by atoms with Crippen molar-refractivity contribution in [3.8, 4) is 0 Å². The van der Waals surface area contributed by atoms with Crippen LogP contribution in [0.5, 0.6) is 0 Å². The number of nitrogens with zero attached hydrogens (tertiary/aromatic N) is 1. The van der Waals surface area contributed by atoms with Crippen LogP contribution in [-0.4, -0.2) is 37.4 Å². The molecule has 1 saturated carbocycles. The summed E-state index contributed by atoms with van der Waals surface area (Å²) in [6.07, 6.45) is 7.01. The Hall–Kier alpha value is -0.120. The topological polar surface area (TPSA) is 24.5 Å². The maximum atomic E-state index is 5.25. The third-order valence-corrected chi connectivity index (χ3v) is 3.15. The molecule has 1 aliphatic heterocycles. The van der Waals surface area contributed by atoms with Crippen LogP contribution in [0.25, 0.3) is 0 Å².